The molecule has 1 aliphatic rings. The Balaban J connectivity index is 1.58. The molecule has 0 saturated heterocycles. The lowest BCUT2D eigenvalue weighted by Gasteiger charge is -2.16. The van der Waals surface area contributed by atoms with Crippen molar-refractivity contribution in [1.82, 2.24) is 14.7 Å². The number of aryl methyl sites for hydroxylation is 1. The van der Waals surface area contributed by atoms with Crippen LogP contribution in [0.4, 0.5) is 5.82 Å². The standard InChI is InChI=1S/C23H22N4O4/c1-3-12-27-20(10-11-24-27)25-21(28)18-13-15(8-9-19(18)31-2)14-26-22(29)16-6-4-5-7-17(16)23(26)30/h4-11,13H,3,12,14H2,1-2H3,(H,25,28). The summed E-state index contributed by atoms with van der Waals surface area (Å²) < 4.78 is 7.07. The molecule has 8 nitrogen and oxygen atoms in total. The van der Waals surface area contributed by atoms with Gasteiger partial charge in [-0.3, -0.25) is 19.3 Å². The average Bonchev–Trinajstić information content (AvgIpc) is 3.32. The average molecular weight is 418 g/mol. The van der Waals surface area contributed by atoms with Crippen LogP contribution in [0.25, 0.3) is 0 Å². The predicted octanol–water partition coefficient (Wildman–Crippen LogP) is 3.35. The van der Waals surface area contributed by atoms with Gasteiger partial charge < -0.3 is 10.1 Å². The Labute approximate surface area is 179 Å². The van der Waals surface area contributed by atoms with Gasteiger partial charge in [0.1, 0.15) is 11.6 Å². The van der Waals surface area contributed by atoms with Crippen molar-refractivity contribution in [3.8, 4) is 5.75 Å². The van der Waals surface area contributed by atoms with Crippen LogP contribution in [-0.2, 0) is 13.1 Å². The molecule has 1 N–H and O–H groups in total. The lowest BCUT2D eigenvalue weighted by Crippen LogP contribution is -2.29. The fraction of sp³-hybridized carbons (Fsp3) is 0.217. The maximum absolute atomic E-state index is 13.0. The van der Waals surface area contributed by atoms with Gasteiger partial charge in [0.15, 0.2) is 0 Å². The summed E-state index contributed by atoms with van der Waals surface area (Å²) in [5, 5.41) is 7.06. The fourth-order valence-corrected chi connectivity index (χ4v) is 3.61. The number of nitrogens with one attached hydrogen (secondary N) is 1. The largest absolute Gasteiger partial charge is 0.496 e. The molecule has 1 aromatic heterocycles. The van der Waals surface area contributed by atoms with Gasteiger partial charge in [-0.2, -0.15) is 5.10 Å². The highest BCUT2D eigenvalue weighted by molar-refractivity contribution is 6.21. The normalized spacial score (nSPS) is 12.8. The number of carbonyl (C=O) groups excluding carboxylic acids is 3. The van der Waals surface area contributed by atoms with Gasteiger partial charge in [-0.05, 0) is 36.2 Å². The first-order valence-electron chi connectivity index (χ1n) is 9.98. The summed E-state index contributed by atoms with van der Waals surface area (Å²) in [4.78, 5) is 39.5. The number of fused-ring (bicyclic) bond motifs is 1. The highest BCUT2D eigenvalue weighted by Crippen LogP contribution is 2.27. The molecule has 2 heterocycles. The number of amides is 3. The van der Waals surface area contributed by atoms with E-state index in [1.165, 1.54) is 12.0 Å². The zero-order valence-corrected chi connectivity index (χ0v) is 17.3. The number of methoxy groups -OCH3 is 1. The number of hydrogen-bond acceptors (Lipinski definition) is 5. The van der Waals surface area contributed by atoms with Crippen LogP contribution in [0.15, 0.2) is 54.7 Å². The Hall–Kier alpha value is -3.94. The third-order valence-corrected chi connectivity index (χ3v) is 5.12. The molecular formula is C23H22N4O4. The number of carbonyl (C=O) groups is 3. The molecule has 0 atom stereocenters. The Morgan fingerprint density at radius 2 is 1.77 bits per heavy atom. The van der Waals surface area contributed by atoms with E-state index in [0.717, 1.165) is 6.42 Å². The van der Waals surface area contributed by atoms with Crippen molar-refractivity contribution in [1.29, 1.82) is 0 Å². The van der Waals surface area contributed by atoms with E-state index < -0.39 is 0 Å². The molecule has 31 heavy (non-hydrogen) atoms. The Morgan fingerprint density at radius 3 is 2.42 bits per heavy atom. The summed E-state index contributed by atoms with van der Waals surface area (Å²) in [7, 11) is 1.48. The van der Waals surface area contributed by atoms with Gasteiger partial charge in [-0.25, -0.2) is 4.68 Å². The minimum absolute atomic E-state index is 0.0599. The monoisotopic (exact) mass is 418 g/mol. The zero-order chi connectivity index (χ0) is 22.0. The van der Waals surface area contributed by atoms with E-state index in [-0.39, 0.29) is 24.3 Å². The Bertz CT molecular complexity index is 1130. The maximum atomic E-state index is 13.0. The molecule has 4 rings (SSSR count). The van der Waals surface area contributed by atoms with Gasteiger partial charge in [-0.1, -0.05) is 25.1 Å². The summed E-state index contributed by atoms with van der Waals surface area (Å²) in [5.74, 6) is -0.0690. The van der Waals surface area contributed by atoms with Crippen LogP contribution in [0.5, 0.6) is 5.75 Å². The Kier molecular flexibility index (Phi) is 5.53. The molecule has 0 spiro atoms. The lowest BCUT2D eigenvalue weighted by atomic mass is 10.1. The van der Waals surface area contributed by atoms with Gasteiger partial charge in [0.25, 0.3) is 17.7 Å². The summed E-state index contributed by atoms with van der Waals surface area (Å²) in [6, 6.07) is 13.5. The fourth-order valence-electron chi connectivity index (χ4n) is 3.61. The molecule has 1 aliphatic heterocycles. The number of rotatable bonds is 7. The third kappa shape index (κ3) is 3.79. The van der Waals surface area contributed by atoms with E-state index in [4.69, 9.17) is 4.74 Å². The molecule has 0 aliphatic carbocycles. The highest BCUT2D eigenvalue weighted by Gasteiger charge is 2.35. The molecule has 2 aromatic carbocycles. The summed E-state index contributed by atoms with van der Waals surface area (Å²) in [6.07, 6.45) is 2.50. The topological polar surface area (TPSA) is 93.5 Å². The maximum Gasteiger partial charge on any atom is 0.261 e. The number of aromatic nitrogens is 2. The van der Waals surface area contributed by atoms with Crippen LogP contribution in [0.1, 0.15) is 50.0 Å². The smallest absolute Gasteiger partial charge is 0.261 e. The van der Waals surface area contributed by atoms with Gasteiger partial charge in [0.2, 0.25) is 0 Å². The van der Waals surface area contributed by atoms with Gasteiger partial charge in [0.05, 0.1) is 36.5 Å². The van der Waals surface area contributed by atoms with Crippen LogP contribution in [0.2, 0.25) is 0 Å². The van der Waals surface area contributed by atoms with Gasteiger partial charge in [0, 0.05) is 12.6 Å². The van der Waals surface area contributed by atoms with Gasteiger partial charge in [-0.15, -0.1) is 0 Å². The van der Waals surface area contributed by atoms with E-state index in [9.17, 15) is 14.4 Å². The molecule has 3 aromatic rings. The molecule has 0 saturated carbocycles. The first kappa shape index (κ1) is 20.3. The molecule has 158 valence electrons. The highest BCUT2D eigenvalue weighted by atomic mass is 16.5. The van der Waals surface area contributed by atoms with E-state index >= 15 is 0 Å². The lowest BCUT2D eigenvalue weighted by molar-refractivity contribution is 0.0642. The third-order valence-electron chi connectivity index (χ3n) is 5.12. The van der Waals surface area contributed by atoms with Crippen LogP contribution in [-0.4, -0.2) is 39.5 Å². The molecule has 3 amide bonds. The molecule has 8 heteroatoms. The van der Waals surface area contributed by atoms with E-state index in [1.807, 2.05) is 6.92 Å². The molecule has 0 unspecified atom stereocenters. The molecule has 0 fully saturated rings. The molecular weight excluding hydrogens is 396 g/mol. The number of hydrogen-bond donors (Lipinski definition) is 1. The number of imide groups is 1. The number of ether oxygens (including phenoxy) is 1. The van der Waals surface area contributed by atoms with Crippen LogP contribution < -0.4 is 10.1 Å². The molecule has 0 radical (unpaired) electrons. The quantitative estimate of drug-likeness (QED) is 0.594. The van der Waals surface area contributed by atoms with Crippen molar-refractivity contribution >= 4 is 23.5 Å². The van der Waals surface area contributed by atoms with E-state index in [2.05, 4.69) is 10.4 Å². The number of anilines is 1. The van der Waals surface area contributed by atoms with Crippen molar-refractivity contribution < 1.29 is 19.1 Å². The van der Waals surface area contributed by atoms with Crippen molar-refractivity contribution in [2.24, 2.45) is 0 Å². The van der Waals surface area contributed by atoms with Crippen molar-refractivity contribution in [3.63, 3.8) is 0 Å². The van der Waals surface area contributed by atoms with E-state index in [1.54, 1.807) is 59.4 Å². The SMILES string of the molecule is CCCn1nccc1NC(=O)c1cc(CN2C(=O)c3ccccc3C2=O)ccc1OC. The summed E-state index contributed by atoms with van der Waals surface area (Å²) in [6.45, 7) is 2.77. The first-order valence-corrected chi connectivity index (χ1v) is 9.98. The molecule has 0 bridgehead atoms. The van der Waals surface area contributed by atoms with Crippen LogP contribution >= 0.6 is 0 Å². The minimum Gasteiger partial charge on any atom is -0.496 e. The second kappa shape index (κ2) is 8.43. The van der Waals surface area contributed by atoms with Crippen molar-refractivity contribution in [3.05, 3.63) is 77.0 Å². The van der Waals surface area contributed by atoms with E-state index in [0.29, 0.717) is 40.4 Å². The predicted molar refractivity (Wildman–Crippen MR) is 114 cm³/mol. The number of benzene rings is 2. The van der Waals surface area contributed by atoms with Gasteiger partial charge >= 0.3 is 0 Å². The van der Waals surface area contributed by atoms with Crippen LogP contribution in [0.3, 0.4) is 0 Å². The minimum atomic E-state index is -0.362. The first-order chi connectivity index (χ1) is 15.0. The Morgan fingerprint density at radius 1 is 1.06 bits per heavy atom. The zero-order valence-electron chi connectivity index (χ0n) is 17.3. The second-order valence-corrected chi connectivity index (χ2v) is 7.17. The summed E-state index contributed by atoms with van der Waals surface area (Å²) >= 11 is 0. The van der Waals surface area contributed by atoms with Crippen molar-refractivity contribution in [2.75, 3.05) is 12.4 Å². The second-order valence-electron chi connectivity index (χ2n) is 7.17. The number of nitrogens with zero attached hydrogens (tertiary/aromatic N) is 3. The van der Waals surface area contributed by atoms with Crippen LogP contribution in [0, 0.1) is 0 Å². The van der Waals surface area contributed by atoms with Crippen molar-refractivity contribution in [2.45, 2.75) is 26.4 Å². The summed E-state index contributed by atoms with van der Waals surface area (Å²) in [5.41, 5.74) is 1.73.